The van der Waals surface area contributed by atoms with Gasteiger partial charge >= 0.3 is 11.7 Å². The molecular formula is C15H12N2O4S. The SMILES string of the molecule is O=C(Cn1nc(-c2cccs2)oc1=O)OCc1ccccc1. The van der Waals surface area contributed by atoms with Gasteiger partial charge in [0, 0.05) is 0 Å². The zero-order valence-electron chi connectivity index (χ0n) is 11.5. The first kappa shape index (κ1) is 14.3. The highest BCUT2D eigenvalue weighted by molar-refractivity contribution is 7.13. The summed E-state index contributed by atoms with van der Waals surface area (Å²) in [5.41, 5.74) is 0.877. The molecule has 3 rings (SSSR count). The maximum Gasteiger partial charge on any atom is 0.437 e. The number of ether oxygens (including phenoxy) is 1. The molecular weight excluding hydrogens is 304 g/mol. The standard InChI is InChI=1S/C15H12N2O4S/c18-13(20-10-11-5-2-1-3-6-11)9-17-15(19)21-14(16-17)12-7-4-8-22-12/h1-8H,9-10H2. The predicted octanol–water partition coefficient (Wildman–Crippen LogP) is 2.31. The van der Waals surface area contributed by atoms with Crippen LogP contribution in [0.3, 0.4) is 0 Å². The Bertz CT molecular complexity index is 806. The van der Waals surface area contributed by atoms with Crippen molar-refractivity contribution in [2.45, 2.75) is 13.2 Å². The van der Waals surface area contributed by atoms with E-state index < -0.39 is 11.7 Å². The number of thiophene rings is 1. The number of nitrogens with zero attached hydrogens (tertiary/aromatic N) is 2. The van der Waals surface area contributed by atoms with E-state index in [-0.39, 0.29) is 19.0 Å². The van der Waals surface area contributed by atoms with Crippen LogP contribution in [0.5, 0.6) is 0 Å². The Morgan fingerprint density at radius 1 is 1.23 bits per heavy atom. The van der Waals surface area contributed by atoms with Crippen LogP contribution < -0.4 is 5.76 Å². The van der Waals surface area contributed by atoms with E-state index >= 15 is 0 Å². The van der Waals surface area contributed by atoms with Crippen molar-refractivity contribution in [1.82, 2.24) is 9.78 Å². The molecule has 0 aliphatic rings. The molecule has 0 N–H and O–H groups in total. The molecule has 22 heavy (non-hydrogen) atoms. The van der Waals surface area contributed by atoms with Gasteiger partial charge in [0.1, 0.15) is 13.2 Å². The summed E-state index contributed by atoms with van der Waals surface area (Å²) in [5.74, 6) is -1.02. The van der Waals surface area contributed by atoms with Crippen molar-refractivity contribution in [3.05, 3.63) is 64.0 Å². The van der Waals surface area contributed by atoms with Crippen LogP contribution in [0.4, 0.5) is 0 Å². The van der Waals surface area contributed by atoms with E-state index in [0.29, 0.717) is 0 Å². The van der Waals surface area contributed by atoms with Gasteiger partial charge in [-0.25, -0.2) is 4.79 Å². The Balaban J connectivity index is 1.63. The minimum atomic E-state index is -0.680. The molecule has 0 aliphatic heterocycles. The second-order valence-corrected chi connectivity index (χ2v) is 5.40. The van der Waals surface area contributed by atoms with Crippen LogP contribution in [0.25, 0.3) is 10.8 Å². The summed E-state index contributed by atoms with van der Waals surface area (Å²) in [4.78, 5) is 24.2. The number of benzene rings is 1. The average Bonchev–Trinajstić information content (AvgIpc) is 3.17. The number of esters is 1. The largest absolute Gasteiger partial charge is 0.459 e. The van der Waals surface area contributed by atoms with Gasteiger partial charge in [0.15, 0.2) is 0 Å². The van der Waals surface area contributed by atoms with Crippen LogP contribution in [0.15, 0.2) is 57.1 Å². The molecule has 0 bridgehead atoms. The Hall–Kier alpha value is -2.67. The molecule has 0 amide bonds. The first-order valence-corrected chi connectivity index (χ1v) is 7.42. The molecule has 7 heteroatoms. The lowest BCUT2D eigenvalue weighted by Crippen LogP contribution is -2.22. The van der Waals surface area contributed by atoms with E-state index in [1.54, 1.807) is 6.07 Å². The highest BCUT2D eigenvalue weighted by Crippen LogP contribution is 2.20. The fourth-order valence-corrected chi connectivity index (χ4v) is 2.46. The van der Waals surface area contributed by atoms with Crippen LogP contribution in [-0.4, -0.2) is 15.7 Å². The number of carbonyl (C=O) groups excluding carboxylic acids is 1. The van der Waals surface area contributed by atoms with E-state index in [2.05, 4.69) is 5.10 Å². The van der Waals surface area contributed by atoms with Crippen molar-refractivity contribution < 1.29 is 13.9 Å². The highest BCUT2D eigenvalue weighted by Gasteiger charge is 2.14. The third-order valence-electron chi connectivity index (χ3n) is 2.86. The van der Waals surface area contributed by atoms with Gasteiger partial charge in [0.25, 0.3) is 5.89 Å². The van der Waals surface area contributed by atoms with Gasteiger partial charge in [-0.05, 0) is 17.0 Å². The van der Waals surface area contributed by atoms with Crippen molar-refractivity contribution in [2.75, 3.05) is 0 Å². The zero-order valence-corrected chi connectivity index (χ0v) is 12.3. The lowest BCUT2D eigenvalue weighted by atomic mass is 10.2. The van der Waals surface area contributed by atoms with Crippen molar-refractivity contribution in [3.63, 3.8) is 0 Å². The predicted molar refractivity (Wildman–Crippen MR) is 80.3 cm³/mol. The van der Waals surface area contributed by atoms with Gasteiger partial charge in [0.2, 0.25) is 0 Å². The van der Waals surface area contributed by atoms with Crippen molar-refractivity contribution >= 4 is 17.3 Å². The van der Waals surface area contributed by atoms with Crippen molar-refractivity contribution in [2.24, 2.45) is 0 Å². The van der Waals surface area contributed by atoms with Crippen molar-refractivity contribution in [3.8, 4) is 10.8 Å². The van der Waals surface area contributed by atoms with Gasteiger partial charge in [-0.3, -0.25) is 4.79 Å². The third kappa shape index (κ3) is 3.32. The van der Waals surface area contributed by atoms with Crippen LogP contribution in [0.2, 0.25) is 0 Å². The smallest absolute Gasteiger partial charge is 0.437 e. The molecule has 0 atom stereocenters. The van der Waals surface area contributed by atoms with Crippen LogP contribution in [-0.2, 0) is 22.7 Å². The van der Waals surface area contributed by atoms with Crippen molar-refractivity contribution in [1.29, 1.82) is 0 Å². The third-order valence-corrected chi connectivity index (χ3v) is 3.72. The molecule has 6 nitrogen and oxygen atoms in total. The van der Waals surface area contributed by atoms with Gasteiger partial charge in [-0.1, -0.05) is 36.4 Å². The Labute approximate surface area is 129 Å². The maximum atomic E-state index is 11.8. The van der Waals surface area contributed by atoms with E-state index in [1.165, 1.54) is 11.3 Å². The maximum absolute atomic E-state index is 11.8. The molecule has 0 spiro atoms. The van der Waals surface area contributed by atoms with E-state index in [4.69, 9.17) is 9.15 Å². The molecule has 112 valence electrons. The molecule has 0 aliphatic carbocycles. The van der Waals surface area contributed by atoms with Crippen LogP contribution in [0.1, 0.15) is 5.56 Å². The summed E-state index contributed by atoms with van der Waals surface area (Å²) >= 11 is 1.40. The molecule has 1 aromatic carbocycles. The topological polar surface area (TPSA) is 74.3 Å². The van der Waals surface area contributed by atoms with Gasteiger partial charge < -0.3 is 9.15 Å². The van der Waals surface area contributed by atoms with Gasteiger partial charge in [-0.15, -0.1) is 16.4 Å². The monoisotopic (exact) mass is 316 g/mol. The zero-order chi connectivity index (χ0) is 15.4. The first-order valence-electron chi connectivity index (χ1n) is 6.54. The molecule has 0 saturated carbocycles. The lowest BCUT2D eigenvalue weighted by molar-refractivity contribution is -0.146. The Kier molecular flexibility index (Phi) is 4.15. The Morgan fingerprint density at radius 3 is 2.77 bits per heavy atom. The second kappa shape index (κ2) is 6.40. The molecule has 0 saturated heterocycles. The molecule has 3 aromatic rings. The van der Waals surface area contributed by atoms with E-state index in [1.807, 2.05) is 41.8 Å². The highest BCUT2D eigenvalue weighted by atomic mass is 32.1. The molecule has 2 aromatic heterocycles. The number of hydrogen-bond donors (Lipinski definition) is 0. The summed E-state index contributed by atoms with van der Waals surface area (Å²) in [6, 6.07) is 12.9. The average molecular weight is 316 g/mol. The molecule has 0 fully saturated rings. The molecule has 0 unspecified atom stereocenters. The molecule has 2 heterocycles. The summed E-state index contributed by atoms with van der Waals surface area (Å²) < 4.78 is 11.1. The van der Waals surface area contributed by atoms with Crippen LogP contribution in [0, 0.1) is 0 Å². The number of carbonyl (C=O) groups is 1. The number of aromatic nitrogens is 2. The summed E-state index contributed by atoms with van der Waals surface area (Å²) in [6.45, 7) is -0.120. The fourth-order valence-electron chi connectivity index (χ4n) is 1.81. The van der Waals surface area contributed by atoms with Gasteiger partial charge in [0.05, 0.1) is 4.88 Å². The minimum Gasteiger partial charge on any atom is -0.459 e. The summed E-state index contributed by atoms with van der Waals surface area (Å²) in [6.07, 6.45) is 0. The second-order valence-electron chi connectivity index (χ2n) is 4.45. The fraction of sp³-hybridized carbons (Fsp3) is 0.133. The quantitative estimate of drug-likeness (QED) is 0.675. The van der Waals surface area contributed by atoms with E-state index in [9.17, 15) is 9.59 Å². The molecule has 0 radical (unpaired) electrons. The van der Waals surface area contributed by atoms with Gasteiger partial charge in [-0.2, -0.15) is 4.68 Å². The minimum absolute atomic E-state index is 0.157. The number of rotatable bonds is 5. The Morgan fingerprint density at radius 2 is 2.05 bits per heavy atom. The summed E-state index contributed by atoms with van der Waals surface area (Å²) in [7, 11) is 0. The summed E-state index contributed by atoms with van der Waals surface area (Å²) in [5, 5.41) is 5.84. The van der Waals surface area contributed by atoms with Crippen LogP contribution >= 0.6 is 11.3 Å². The lowest BCUT2D eigenvalue weighted by Gasteiger charge is -2.03. The number of hydrogen-bond acceptors (Lipinski definition) is 6. The van der Waals surface area contributed by atoms with E-state index in [0.717, 1.165) is 15.1 Å². The normalized spacial score (nSPS) is 10.5. The first-order chi connectivity index (χ1) is 10.7.